The summed E-state index contributed by atoms with van der Waals surface area (Å²) in [4.78, 5) is 15.9. The van der Waals surface area contributed by atoms with Crippen LogP contribution in [0.5, 0.6) is 5.75 Å². The van der Waals surface area contributed by atoms with E-state index in [-0.39, 0.29) is 17.7 Å². The smallest absolute Gasteiger partial charge is 0.406 e. The van der Waals surface area contributed by atoms with E-state index in [1.54, 1.807) is 12.3 Å². The van der Waals surface area contributed by atoms with E-state index in [0.717, 1.165) is 18.2 Å². The van der Waals surface area contributed by atoms with Gasteiger partial charge in [0.2, 0.25) is 5.91 Å². The lowest BCUT2D eigenvalue weighted by molar-refractivity contribution is -0.274. The third-order valence-corrected chi connectivity index (χ3v) is 4.39. The van der Waals surface area contributed by atoms with Crippen LogP contribution < -0.4 is 10.5 Å². The molecule has 0 aliphatic heterocycles. The van der Waals surface area contributed by atoms with E-state index >= 15 is 0 Å². The van der Waals surface area contributed by atoms with Gasteiger partial charge in [0.15, 0.2) is 0 Å². The molecule has 0 spiro atoms. The van der Waals surface area contributed by atoms with E-state index in [1.165, 1.54) is 17.8 Å². The van der Waals surface area contributed by atoms with Crippen LogP contribution in [0.25, 0.3) is 11.0 Å². The van der Waals surface area contributed by atoms with Crippen LogP contribution in [-0.4, -0.2) is 27.0 Å². The normalized spacial score (nSPS) is 13.7. The zero-order chi connectivity index (χ0) is 21.4. The topological polar surface area (TPSA) is 107 Å². The van der Waals surface area contributed by atoms with Crippen LogP contribution in [0.3, 0.4) is 0 Å². The number of nitriles is 1. The van der Waals surface area contributed by atoms with Gasteiger partial charge in [-0.15, -0.1) is 13.2 Å². The number of aromatic nitrogens is 3. The number of amides is 1. The van der Waals surface area contributed by atoms with Crippen LogP contribution in [0.4, 0.5) is 13.2 Å². The predicted octanol–water partition coefficient (Wildman–Crippen LogP) is 3.56. The molecule has 0 aliphatic carbocycles. The minimum atomic E-state index is -4.93. The molecule has 0 saturated heterocycles. The molecule has 0 bridgehead atoms. The van der Waals surface area contributed by atoms with Crippen LogP contribution in [0, 0.1) is 11.3 Å². The Balaban J connectivity index is 2.06. The van der Waals surface area contributed by atoms with Gasteiger partial charge in [-0.05, 0) is 36.8 Å². The minimum Gasteiger partial charge on any atom is -0.406 e. The molecule has 11 heteroatoms. The van der Waals surface area contributed by atoms with Crippen molar-refractivity contribution in [2.45, 2.75) is 25.2 Å². The molecule has 3 rings (SSSR count). The molecule has 0 aliphatic rings. The summed E-state index contributed by atoms with van der Waals surface area (Å²) in [6.45, 7) is 1.37. The molecule has 3 aromatic rings. The zero-order valence-electron chi connectivity index (χ0n) is 14.9. The average molecular weight is 424 g/mol. The summed E-state index contributed by atoms with van der Waals surface area (Å²) in [5, 5.41) is 14.5. The standard InChI is InChI=1S/C18H13ClF3N5O2/c1-17(8-23,9-27-7-15-14(26-27)4-10(19)6-25-15)13-5-11(29-18(20,21)22)2-3-12(13)16(24)28/h2-7H,9H2,1H3,(H2,24,28). The monoisotopic (exact) mass is 423 g/mol. The molecule has 1 amide bonds. The first-order valence-electron chi connectivity index (χ1n) is 8.11. The Bertz CT molecular complexity index is 1140. The summed E-state index contributed by atoms with van der Waals surface area (Å²) in [5.74, 6) is -1.46. The van der Waals surface area contributed by atoms with Crippen LogP contribution in [0.2, 0.25) is 5.02 Å². The molecule has 0 radical (unpaired) electrons. The number of fused-ring (bicyclic) bond motifs is 1. The van der Waals surface area contributed by atoms with Crippen molar-refractivity contribution in [2.75, 3.05) is 0 Å². The molecular weight excluding hydrogens is 411 g/mol. The molecule has 0 fully saturated rings. The molecule has 1 aromatic carbocycles. The van der Waals surface area contributed by atoms with E-state index in [9.17, 15) is 23.2 Å². The van der Waals surface area contributed by atoms with E-state index in [0.29, 0.717) is 16.1 Å². The maximum atomic E-state index is 12.6. The van der Waals surface area contributed by atoms with Gasteiger partial charge >= 0.3 is 6.36 Å². The number of nitrogens with zero attached hydrogens (tertiary/aromatic N) is 4. The fourth-order valence-electron chi connectivity index (χ4n) is 2.90. The van der Waals surface area contributed by atoms with Crippen molar-refractivity contribution in [1.29, 1.82) is 5.26 Å². The number of alkyl halides is 3. The fraction of sp³-hybridized carbons (Fsp3) is 0.222. The number of carbonyl (C=O) groups is 1. The second-order valence-electron chi connectivity index (χ2n) is 6.45. The SMILES string of the molecule is CC(C#N)(Cn1cc2ncc(Cl)cc2n1)c1cc(OC(F)(F)F)ccc1C(N)=O. The molecule has 2 heterocycles. The largest absolute Gasteiger partial charge is 0.573 e. The molecule has 1 unspecified atom stereocenters. The van der Waals surface area contributed by atoms with Crippen molar-refractivity contribution in [3.8, 4) is 11.8 Å². The number of hydrogen-bond acceptors (Lipinski definition) is 5. The number of benzene rings is 1. The highest BCUT2D eigenvalue weighted by Gasteiger charge is 2.35. The van der Waals surface area contributed by atoms with Crippen LogP contribution in [0.15, 0.2) is 36.7 Å². The van der Waals surface area contributed by atoms with Crippen molar-refractivity contribution in [2.24, 2.45) is 5.73 Å². The number of ether oxygens (including phenoxy) is 1. The molecule has 0 saturated carbocycles. The number of rotatable bonds is 5. The molecule has 2 aromatic heterocycles. The Morgan fingerprint density at radius 2 is 2.07 bits per heavy atom. The van der Waals surface area contributed by atoms with Crippen molar-refractivity contribution < 1.29 is 22.7 Å². The summed E-state index contributed by atoms with van der Waals surface area (Å²) in [6.07, 6.45) is -1.94. The first-order valence-corrected chi connectivity index (χ1v) is 8.48. The third kappa shape index (κ3) is 4.41. The molecule has 7 nitrogen and oxygen atoms in total. The van der Waals surface area contributed by atoms with Gasteiger partial charge in [-0.2, -0.15) is 10.4 Å². The van der Waals surface area contributed by atoms with Crippen molar-refractivity contribution in [1.82, 2.24) is 14.8 Å². The summed E-state index contributed by atoms with van der Waals surface area (Å²) < 4.78 is 43.1. The summed E-state index contributed by atoms with van der Waals surface area (Å²) in [6, 6.07) is 6.65. The van der Waals surface area contributed by atoms with E-state index in [2.05, 4.69) is 14.8 Å². The summed E-state index contributed by atoms with van der Waals surface area (Å²) >= 11 is 5.89. The maximum absolute atomic E-state index is 12.6. The second-order valence-corrected chi connectivity index (χ2v) is 6.88. The number of carbonyl (C=O) groups excluding carboxylic acids is 1. The Morgan fingerprint density at radius 1 is 1.34 bits per heavy atom. The highest BCUT2D eigenvalue weighted by molar-refractivity contribution is 6.31. The maximum Gasteiger partial charge on any atom is 0.573 e. The van der Waals surface area contributed by atoms with Crippen molar-refractivity contribution >= 4 is 28.5 Å². The van der Waals surface area contributed by atoms with Gasteiger partial charge in [-0.3, -0.25) is 14.5 Å². The van der Waals surface area contributed by atoms with Crippen LogP contribution in [-0.2, 0) is 12.0 Å². The third-order valence-electron chi connectivity index (χ3n) is 4.18. The second kappa shape index (κ2) is 7.25. The average Bonchev–Trinajstić information content (AvgIpc) is 3.01. The highest BCUT2D eigenvalue weighted by Crippen LogP contribution is 2.33. The predicted molar refractivity (Wildman–Crippen MR) is 97.1 cm³/mol. The highest BCUT2D eigenvalue weighted by atomic mass is 35.5. The van der Waals surface area contributed by atoms with Crippen LogP contribution in [0.1, 0.15) is 22.8 Å². The number of pyridine rings is 1. The molecular formula is C18H13ClF3N5O2. The number of primary amides is 1. The van der Waals surface area contributed by atoms with E-state index in [4.69, 9.17) is 17.3 Å². The quantitative estimate of drug-likeness (QED) is 0.675. The molecule has 150 valence electrons. The Labute approximate surface area is 167 Å². The lowest BCUT2D eigenvalue weighted by Crippen LogP contribution is -2.30. The number of nitrogens with two attached hydrogens (primary N) is 1. The molecule has 2 N–H and O–H groups in total. The fourth-order valence-corrected chi connectivity index (χ4v) is 3.06. The zero-order valence-corrected chi connectivity index (χ0v) is 15.6. The lowest BCUT2D eigenvalue weighted by atomic mass is 9.80. The Morgan fingerprint density at radius 3 is 2.69 bits per heavy atom. The van der Waals surface area contributed by atoms with Gasteiger partial charge < -0.3 is 10.5 Å². The Hall–Kier alpha value is -3.32. The molecule has 1 atom stereocenters. The van der Waals surface area contributed by atoms with Gasteiger partial charge in [-0.25, -0.2) is 0 Å². The van der Waals surface area contributed by atoms with E-state index in [1.807, 2.05) is 6.07 Å². The summed E-state index contributed by atoms with van der Waals surface area (Å²) in [5.41, 5.74) is 4.78. The minimum absolute atomic E-state index is 0.0141. The van der Waals surface area contributed by atoms with Crippen molar-refractivity contribution in [3.63, 3.8) is 0 Å². The van der Waals surface area contributed by atoms with Gasteiger partial charge in [-0.1, -0.05) is 11.6 Å². The summed E-state index contributed by atoms with van der Waals surface area (Å²) in [7, 11) is 0. The number of hydrogen-bond donors (Lipinski definition) is 1. The van der Waals surface area contributed by atoms with Crippen molar-refractivity contribution in [3.05, 3.63) is 52.8 Å². The van der Waals surface area contributed by atoms with Gasteiger partial charge in [0.1, 0.15) is 16.8 Å². The van der Waals surface area contributed by atoms with E-state index < -0.39 is 23.4 Å². The van der Waals surface area contributed by atoms with Gasteiger partial charge in [0.25, 0.3) is 0 Å². The van der Waals surface area contributed by atoms with Crippen LogP contribution >= 0.6 is 11.6 Å². The number of halogens is 4. The Kier molecular flexibility index (Phi) is 5.11. The van der Waals surface area contributed by atoms with Gasteiger partial charge in [0, 0.05) is 11.8 Å². The molecule has 29 heavy (non-hydrogen) atoms. The first-order chi connectivity index (χ1) is 13.5. The van der Waals surface area contributed by atoms with Gasteiger partial charge in [0.05, 0.1) is 29.2 Å². The lowest BCUT2D eigenvalue weighted by Gasteiger charge is -2.25. The first kappa shape index (κ1) is 20.4.